The van der Waals surface area contributed by atoms with Gasteiger partial charge in [-0.2, -0.15) is 0 Å². The van der Waals surface area contributed by atoms with E-state index in [1.807, 2.05) is 0 Å². The van der Waals surface area contributed by atoms with Gasteiger partial charge in [-0.05, 0) is 64.3 Å². The third-order valence-corrected chi connectivity index (χ3v) is 6.87. The van der Waals surface area contributed by atoms with E-state index in [4.69, 9.17) is 24.1 Å². The molecule has 6 atom stereocenters. The van der Waals surface area contributed by atoms with Crippen LogP contribution in [0.15, 0.2) is 35.9 Å². The van der Waals surface area contributed by atoms with Crippen LogP contribution in [0.2, 0.25) is 0 Å². The Hall–Kier alpha value is -2.42. The average Bonchev–Trinajstić information content (AvgIpc) is 3.65. The number of allylic oxidation sites excluding steroid dienone is 1. The molecule has 2 aliphatic heterocycles. The van der Waals surface area contributed by atoms with Crippen LogP contribution in [0.1, 0.15) is 50.4 Å². The van der Waals surface area contributed by atoms with Crippen molar-refractivity contribution in [2.24, 2.45) is 5.92 Å². The maximum Gasteiger partial charge on any atom is 0.411 e. The molecule has 0 bridgehead atoms. The highest BCUT2D eigenvalue weighted by Gasteiger charge is 2.72. The molecule has 2 heterocycles. The monoisotopic (exact) mass is 445 g/mol. The van der Waals surface area contributed by atoms with Gasteiger partial charge in [0.05, 0.1) is 24.2 Å². The van der Waals surface area contributed by atoms with Gasteiger partial charge >= 0.3 is 12.1 Å². The Bertz CT molecular complexity index is 903. The van der Waals surface area contributed by atoms with Crippen LogP contribution >= 0.6 is 0 Å². The fraction of sp³-hybridized carbons (Fsp3) is 0.583. The minimum atomic E-state index is -1.02. The Balaban J connectivity index is 1.44. The van der Waals surface area contributed by atoms with Crippen LogP contribution in [-0.4, -0.2) is 60.4 Å². The summed E-state index contributed by atoms with van der Waals surface area (Å²) in [6, 6.07) is 5.92. The molecule has 4 rings (SSSR count). The van der Waals surface area contributed by atoms with Gasteiger partial charge in [0.15, 0.2) is 0 Å². The molecule has 1 aromatic rings. The molecular weight excluding hydrogens is 414 g/mol. The number of hydrogen-bond donors (Lipinski definition) is 2. The van der Waals surface area contributed by atoms with E-state index in [2.05, 4.69) is 32.2 Å². The quantitative estimate of drug-likeness (QED) is 0.482. The van der Waals surface area contributed by atoms with E-state index < -0.39 is 23.8 Å². The van der Waals surface area contributed by atoms with Crippen LogP contribution in [0.3, 0.4) is 0 Å². The summed E-state index contributed by atoms with van der Waals surface area (Å²) in [6.45, 7) is 6.91. The van der Waals surface area contributed by atoms with Gasteiger partial charge < -0.3 is 24.1 Å². The predicted octanol–water partition coefficient (Wildman–Crippen LogP) is 4.01. The predicted molar refractivity (Wildman–Crippen MR) is 117 cm³/mol. The molecule has 1 amide bonds. The number of amides is 1. The lowest BCUT2D eigenvalue weighted by Crippen LogP contribution is -2.55. The maximum absolute atomic E-state index is 12.6. The van der Waals surface area contributed by atoms with Crippen molar-refractivity contribution in [3.63, 3.8) is 0 Å². The maximum atomic E-state index is 12.6. The summed E-state index contributed by atoms with van der Waals surface area (Å²) in [5.74, 6) is -1.07. The molecule has 0 unspecified atom stereocenters. The Kier molecular flexibility index (Phi) is 6.04. The lowest BCUT2D eigenvalue weighted by Gasteiger charge is -2.42. The number of aromatic carboxylic acids is 1. The second-order valence-corrected chi connectivity index (χ2v) is 9.33. The Morgan fingerprint density at radius 1 is 1.28 bits per heavy atom. The fourth-order valence-electron chi connectivity index (χ4n) is 5.05. The van der Waals surface area contributed by atoms with Crippen LogP contribution in [0.25, 0.3) is 0 Å². The summed E-state index contributed by atoms with van der Waals surface area (Å²) in [5.41, 5.74) is 1.18. The van der Waals surface area contributed by atoms with Crippen molar-refractivity contribution < 1.29 is 33.6 Å². The number of methoxy groups -OCH3 is 1. The Morgan fingerprint density at radius 3 is 2.53 bits per heavy atom. The number of rotatable bonds is 7. The second kappa shape index (κ2) is 8.50. The van der Waals surface area contributed by atoms with Crippen LogP contribution < -0.4 is 5.32 Å². The summed E-state index contributed by atoms with van der Waals surface area (Å²) in [6.07, 6.45) is 3.11. The highest BCUT2D eigenvalue weighted by atomic mass is 16.6. The van der Waals surface area contributed by atoms with Gasteiger partial charge in [-0.3, -0.25) is 5.32 Å². The number of carbonyl (C=O) groups excluding carboxylic acids is 1. The smallest absolute Gasteiger partial charge is 0.411 e. The topological polar surface area (TPSA) is 110 Å². The molecule has 8 nitrogen and oxygen atoms in total. The van der Waals surface area contributed by atoms with Gasteiger partial charge in [0.1, 0.15) is 23.4 Å². The molecule has 174 valence electrons. The molecule has 1 saturated carbocycles. The van der Waals surface area contributed by atoms with E-state index in [0.717, 1.165) is 12.8 Å². The summed E-state index contributed by atoms with van der Waals surface area (Å²) < 4.78 is 23.7. The van der Waals surface area contributed by atoms with Crippen LogP contribution in [0.5, 0.6) is 0 Å². The van der Waals surface area contributed by atoms with Gasteiger partial charge in [-0.25, -0.2) is 9.59 Å². The van der Waals surface area contributed by atoms with Crippen molar-refractivity contribution in [1.29, 1.82) is 0 Å². The Morgan fingerprint density at radius 2 is 1.97 bits per heavy atom. The molecule has 3 aliphatic rings. The van der Waals surface area contributed by atoms with Crippen molar-refractivity contribution in [3.8, 4) is 0 Å². The van der Waals surface area contributed by atoms with Crippen LogP contribution in [0.4, 0.5) is 10.5 Å². The van der Waals surface area contributed by atoms with Gasteiger partial charge in [-0.1, -0.05) is 11.6 Å². The number of hydrogen-bond acceptors (Lipinski definition) is 6. The first-order chi connectivity index (χ1) is 15.2. The first-order valence-corrected chi connectivity index (χ1v) is 11.0. The third kappa shape index (κ3) is 4.40. The van der Waals surface area contributed by atoms with E-state index in [1.165, 1.54) is 29.8 Å². The summed E-state index contributed by atoms with van der Waals surface area (Å²) in [5, 5.41) is 11.7. The minimum Gasteiger partial charge on any atom is -0.478 e. The second-order valence-electron chi connectivity index (χ2n) is 9.33. The van der Waals surface area contributed by atoms with Crippen LogP contribution in [-0.2, 0) is 18.9 Å². The SMILES string of the molecule is CO[C@@H]1[C@H](OC(=O)Nc2ccc(C(=O)O)cc2)CC[C@]2(CO2)[C@H]1[C@@]1(C)O[C@@H]1CC=C(C)C. The number of benzene rings is 1. The van der Waals surface area contributed by atoms with Gasteiger partial charge in [0, 0.05) is 12.8 Å². The van der Waals surface area contributed by atoms with Crippen molar-refractivity contribution in [2.75, 3.05) is 19.0 Å². The largest absolute Gasteiger partial charge is 0.478 e. The van der Waals surface area contributed by atoms with Crippen molar-refractivity contribution in [1.82, 2.24) is 0 Å². The van der Waals surface area contributed by atoms with Gasteiger partial charge in [0.25, 0.3) is 0 Å². The molecule has 0 aromatic heterocycles. The van der Waals surface area contributed by atoms with E-state index >= 15 is 0 Å². The zero-order chi connectivity index (χ0) is 23.1. The van der Waals surface area contributed by atoms with Crippen molar-refractivity contribution >= 4 is 17.7 Å². The van der Waals surface area contributed by atoms with Crippen molar-refractivity contribution in [3.05, 3.63) is 41.5 Å². The number of anilines is 1. The highest BCUT2D eigenvalue weighted by Crippen LogP contribution is 2.59. The average molecular weight is 446 g/mol. The normalized spacial score (nSPS) is 35.1. The highest BCUT2D eigenvalue weighted by molar-refractivity contribution is 5.89. The minimum absolute atomic E-state index is 0.0445. The van der Waals surface area contributed by atoms with E-state index in [1.54, 1.807) is 7.11 Å². The lowest BCUT2D eigenvalue weighted by atomic mass is 9.68. The standard InChI is InChI=1S/C24H31NO7/c1-14(2)5-10-18-23(3,32-18)20-19(29-4)17(11-12-24(20)13-30-24)31-22(28)25-16-8-6-15(7-9-16)21(26)27/h5-9,17-20H,10-13H2,1-4H3,(H,25,28)(H,26,27)/t17-,18-,19-,20-,23+,24+/m1/s1. The first-order valence-electron chi connectivity index (χ1n) is 11.0. The fourth-order valence-corrected chi connectivity index (χ4v) is 5.05. The van der Waals surface area contributed by atoms with E-state index in [-0.39, 0.29) is 29.3 Å². The van der Waals surface area contributed by atoms with E-state index in [0.29, 0.717) is 18.7 Å². The molecule has 3 fully saturated rings. The molecule has 2 saturated heterocycles. The molecule has 2 N–H and O–H groups in total. The number of ether oxygens (including phenoxy) is 4. The first kappa shape index (κ1) is 22.8. The molecule has 1 aliphatic carbocycles. The zero-order valence-corrected chi connectivity index (χ0v) is 18.9. The molecule has 1 aromatic carbocycles. The van der Waals surface area contributed by atoms with Crippen molar-refractivity contribution in [2.45, 2.75) is 69.5 Å². The summed E-state index contributed by atoms with van der Waals surface area (Å²) >= 11 is 0. The number of nitrogens with one attached hydrogen (secondary N) is 1. The molecule has 8 heteroatoms. The van der Waals surface area contributed by atoms with E-state index in [9.17, 15) is 9.59 Å². The number of epoxide rings is 2. The number of carboxylic acid groups (broad SMARTS) is 1. The lowest BCUT2D eigenvalue weighted by molar-refractivity contribution is -0.116. The molecule has 0 radical (unpaired) electrons. The van der Waals surface area contributed by atoms with Gasteiger partial charge in [-0.15, -0.1) is 0 Å². The van der Waals surface area contributed by atoms with Gasteiger partial charge in [0.2, 0.25) is 0 Å². The number of carboxylic acids is 1. The summed E-state index contributed by atoms with van der Waals surface area (Å²) in [7, 11) is 1.63. The molecule has 1 spiro atoms. The number of carbonyl (C=O) groups is 2. The summed E-state index contributed by atoms with van der Waals surface area (Å²) in [4.78, 5) is 23.6. The Labute approximate surface area is 187 Å². The molecule has 32 heavy (non-hydrogen) atoms. The molecular formula is C24H31NO7. The third-order valence-electron chi connectivity index (χ3n) is 6.87. The van der Waals surface area contributed by atoms with Crippen LogP contribution in [0, 0.1) is 5.92 Å². The zero-order valence-electron chi connectivity index (χ0n) is 18.9.